The zero-order chi connectivity index (χ0) is 54.7. The van der Waals surface area contributed by atoms with Crippen molar-refractivity contribution in [2.45, 2.75) is 264 Å². The van der Waals surface area contributed by atoms with E-state index in [4.69, 9.17) is 33.2 Å². The lowest BCUT2D eigenvalue weighted by Gasteiger charge is -2.40. The summed E-state index contributed by atoms with van der Waals surface area (Å²) < 4.78 is 40.2. The third-order valence-corrected chi connectivity index (χ3v) is 14.3. The monoisotopic (exact) mass is 1060 g/mol. The van der Waals surface area contributed by atoms with Gasteiger partial charge in [-0.1, -0.05) is 169 Å². The van der Waals surface area contributed by atoms with Gasteiger partial charge in [-0.15, -0.1) is 0 Å². The lowest BCUT2D eigenvalue weighted by molar-refractivity contribution is -0.156. The number of amides is 1. The van der Waals surface area contributed by atoms with Crippen molar-refractivity contribution in [3.8, 4) is 0 Å². The maximum absolute atomic E-state index is 14.1. The molecule has 2 atom stereocenters. The third kappa shape index (κ3) is 34.4. The minimum atomic E-state index is -0.631. The van der Waals surface area contributed by atoms with Gasteiger partial charge in [0.05, 0.1) is 51.4 Å². The van der Waals surface area contributed by atoms with Crippen molar-refractivity contribution in [3.05, 3.63) is 0 Å². The summed E-state index contributed by atoms with van der Waals surface area (Å²) in [6.07, 6.45) is 26.9. The smallest absolute Gasteiger partial charge is 0.410 e. The summed E-state index contributed by atoms with van der Waals surface area (Å²) in [7, 11) is 1.93. The Morgan fingerprint density at radius 2 is 0.693 bits per heavy atom. The van der Waals surface area contributed by atoms with E-state index in [1.54, 1.807) is 4.90 Å². The molecule has 2 saturated heterocycles. The molecule has 16 nitrogen and oxygen atoms in total. The fourth-order valence-corrected chi connectivity index (χ4v) is 9.51. The van der Waals surface area contributed by atoms with Crippen LogP contribution < -0.4 is 0 Å². The predicted octanol–water partition coefficient (Wildman–Crippen LogP) is 12.3. The Bertz CT molecular complexity index is 1400. The van der Waals surface area contributed by atoms with Crippen molar-refractivity contribution >= 4 is 41.9 Å². The molecule has 16 heteroatoms. The molecule has 2 aliphatic rings. The van der Waals surface area contributed by atoms with E-state index in [1.807, 2.05) is 11.9 Å². The highest BCUT2D eigenvalue weighted by atomic mass is 16.6. The number of esters is 6. The summed E-state index contributed by atoms with van der Waals surface area (Å²) in [5.41, 5.74) is 0. The number of nitrogens with zero attached hydrogens (tertiary/aromatic N) is 2. The van der Waals surface area contributed by atoms with Gasteiger partial charge in [0.2, 0.25) is 0 Å². The van der Waals surface area contributed by atoms with Crippen LogP contribution in [-0.4, -0.2) is 130 Å². The van der Waals surface area contributed by atoms with E-state index in [0.717, 1.165) is 103 Å². The third-order valence-electron chi connectivity index (χ3n) is 14.3. The second kappa shape index (κ2) is 44.1. The van der Waals surface area contributed by atoms with Crippen LogP contribution in [0, 0.1) is 11.8 Å². The molecule has 0 N–H and O–H groups in total. The summed E-state index contributed by atoms with van der Waals surface area (Å²) in [5.74, 6) is -3.89. The van der Waals surface area contributed by atoms with E-state index in [0.29, 0.717) is 64.5 Å². The van der Waals surface area contributed by atoms with Gasteiger partial charge in [-0.2, -0.15) is 0 Å². The van der Waals surface area contributed by atoms with E-state index < -0.39 is 42.0 Å². The average Bonchev–Trinajstić information content (AvgIpc) is 3.59. The zero-order valence-corrected chi connectivity index (χ0v) is 47.7. The molecule has 2 heterocycles. The number of likely N-dealkylation sites (N-methyl/N-ethyl adjacent to an activating group) is 1. The van der Waals surface area contributed by atoms with Crippen LogP contribution in [0.3, 0.4) is 0 Å². The molecule has 0 bridgehead atoms. The molecular formula is C59H104N2O14. The van der Waals surface area contributed by atoms with Crippen molar-refractivity contribution in [3.63, 3.8) is 0 Å². The molecule has 2 rings (SSSR count). The highest BCUT2D eigenvalue weighted by molar-refractivity contribution is 5.73. The summed E-state index contributed by atoms with van der Waals surface area (Å²) in [6.45, 7) is 9.04. The molecule has 0 aromatic carbocycles. The molecule has 0 aliphatic carbocycles. The largest absolute Gasteiger partial charge is 0.465 e. The first-order valence-corrected chi connectivity index (χ1v) is 30.0. The Labute approximate surface area is 452 Å². The number of ether oxygens (including phenoxy) is 7. The molecule has 434 valence electrons. The van der Waals surface area contributed by atoms with Crippen LogP contribution in [0.25, 0.3) is 0 Å². The lowest BCUT2D eigenvalue weighted by atomic mass is 10.1. The van der Waals surface area contributed by atoms with Crippen LogP contribution >= 0.6 is 0 Å². The fraction of sp³-hybridized carbons (Fsp3) is 0.881. The topological polar surface area (TPSA) is 191 Å². The maximum atomic E-state index is 14.1. The minimum absolute atomic E-state index is 0.108. The first-order chi connectivity index (χ1) is 36.4. The van der Waals surface area contributed by atoms with Crippen molar-refractivity contribution in [1.82, 2.24) is 9.80 Å². The summed E-state index contributed by atoms with van der Waals surface area (Å²) in [4.78, 5) is 95.9. The number of carbonyl (C=O) groups is 7. The van der Waals surface area contributed by atoms with Crippen molar-refractivity contribution in [2.75, 3.05) is 59.8 Å². The van der Waals surface area contributed by atoms with Crippen LogP contribution in [0.1, 0.15) is 246 Å². The van der Waals surface area contributed by atoms with Gasteiger partial charge in [0, 0.05) is 50.6 Å². The van der Waals surface area contributed by atoms with Crippen LogP contribution in [0.4, 0.5) is 4.79 Å². The average molecular weight is 1070 g/mol. The van der Waals surface area contributed by atoms with E-state index in [9.17, 15) is 33.6 Å². The lowest BCUT2D eigenvalue weighted by Crippen LogP contribution is -2.56. The Morgan fingerprint density at radius 1 is 0.400 bits per heavy atom. The summed E-state index contributed by atoms with van der Waals surface area (Å²) >= 11 is 0. The molecular weight excluding hydrogens is 961 g/mol. The molecule has 1 amide bonds. The second-order valence-electron chi connectivity index (χ2n) is 21.5. The Hall–Kier alpha value is -3.95. The number of unbranched alkanes of at least 4 members (excludes halogenated alkanes) is 20. The molecule has 0 saturated carbocycles. The summed E-state index contributed by atoms with van der Waals surface area (Å²) in [5, 5.41) is 0. The summed E-state index contributed by atoms with van der Waals surface area (Å²) in [6, 6.07) is -1.20. The van der Waals surface area contributed by atoms with Gasteiger partial charge in [0.25, 0.3) is 0 Å². The first-order valence-electron chi connectivity index (χ1n) is 30.0. The fourth-order valence-electron chi connectivity index (χ4n) is 9.51. The van der Waals surface area contributed by atoms with Gasteiger partial charge in [-0.3, -0.25) is 38.6 Å². The van der Waals surface area contributed by atoms with E-state index in [2.05, 4.69) is 27.7 Å². The molecule has 2 fully saturated rings. The van der Waals surface area contributed by atoms with Crippen molar-refractivity contribution in [1.29, 1.82) is 0 Å². The molecule has 75 heavy (non-hydrogen) atoms. The quantitative estimate of drug-likeness (QED) is 0.0318. The highest BCUT2D eigenvalue weighted by Gasteiger charge is 2.38. The van der Waals surface area contributed by atoms with Gasteiger partial charge in [-0.05, 0) is 45.6 Å². The molecule has 0 unspecified atom stereocenters. The normalized spacial score (nSPS) is 16.0. The number of rotatable bonds is 45. The van der Waals surface area contributed by atoms with E-state index in [-0.39, 0.29) is 108 Å². The number of hydrogen-bond donors (Lipinski definition) is 0. The molecule has 0 spiro atoms. The number of likely N-dealkylation sites (tertiary alicyclic amines) is 2. The predicted molar refractivity (Wildman–Crippen MR) is 290 cm³/mol. The van der Waals surface area contributed by atoms with Gasteiger partial charge < -0.3 is 33.2 Å². The molecule has 0 radical (unpaired) electrons. The SMILES string of the molecule is CCCCCCCCC(=O)OCC(COC(=O)CCCCCCCC)CC(=O)OC[C@H]1CCCC[C@@H](COC(=O)CC(COC(=O)CCCCCCCC)COC(=O)CCCCCCCC)N1C(=O)OC1CN(C)C1. The van der Waals surface area contributed by atoms with Gasteiger partial charge >= 0.3 is 41.9 Å². The van der Waals surface area contributed by atoms with Crippen LogP contribution in [0.15, 0.2) is 0 Å². The Kier molecular flexibility index (Phi) is 39.5. The highest BCUT2D eigenvalue weighted by Crippen LogP contribution is 2.26. The molecule has 0 aromatic heterocycles. The number of hydrogen-bond acceptors (Lipinski definition) is 15. The molecule has 2 aliphatic heterocycles. The van der Waals surface area contributed by atoms with Gasteiger partial charge in [0.1, 0.15) is 19.3 Å². The Morgan fingerprint density at radius 3 is 0.987 bits per heavy atom. The van der Waals surface area contributed by atoms with Crippen LogP contribution in [-0.2, 0) is 61.9 Å². The first kappa shape index (κ1) is 67.2. The van der Waals surface area contributed by atoms with E-state index >= 15 is 0 Å². The van der Waals surface area contributed by atoms with Crippen molar-refractivity contribution in [2.24, 2.45) is 11.8 Å². The van der Waals surface area contributed by atoms with Crippen molar-refractivity contribution < 1.29 is 66.7 Å². The Balaban J connectivity index is 2.13. The van der Waals surface area contributed by atoms with Gasteiger partial charge in [-0.25, -0.2) is 4.79 Å². The minimum Gasteiger partial charge on any atom is -0.465 e. The number of carbonyl (C=O) groups excluding carboxylic acids is 7. The van der Waals surface area contributed by atoms with Crippen LogP contribution in [0.5, 0.6) is 0 Å². The van der Waals surface area contributed by atoms with E-state index in [1.165, 1.54) is 25.7 Å². The van der Waals surface area contributed by atoms with Gasteiger partial charge in [0.15, 0.2) is 0 Å². The zero-order valence-electron chi connectivity index (χ0n) is 47.7. The maximum Gasteiger partial charge on any atom is 0.410 e. The molecule has 0 aromatic rings. The standard InChI is InChI=1S/C59H104N2O14/c1-6-10-14-18-22-26-34-53(62)69-42-48(43-70-54(63)35-27-23-19-15-11-7-2)38-57(66)73-46-50-32-30-31-33-51(61(50)59(68)75-52-40-60(5)41-52)47-74-58(67)39-49(44-71-55(64)36-28-24-20-16-12-8-3)45-72-56(65)37-29-25-21-17-13-9-4/h48-52H,6-47H2,1-5H3/t50-,51+. The second-order valence-corrected chi connectivity index (χ2v) is 21.5. The van der Waals surface area contributed by atoms with Crippen LogP contribution in [0.2, 0.25) is 0 Å².